The molecule has 1 heterocycles. The fourth-order valence-electron chi connectivity index (χ4n) is 3.05. The topological polar surface area (TPSA) is 29.3 Å². The molecule has 2 unspecified atom stereocenters. The van der Waals surface area contributed by atoms with Gasteiger partial charge in [0.25, 0.3) is 0 Å². The third-order valence-corrected chi connectivity index (χ3v) is 4.02. The smallest absolute Gasteiger partial charge is 0.00817 e. The van der Waals surface area contributed by atoms with Gasteiger partial charge in [0, 0.05) is 18.6 Å². The third kappa shape index (κ3) is 2.48. The monoisotopic (exact) mass is 196 g/mol. The second kappa shape index (κ2) is 4.63. The van der Waals surface area contributed by atoms with Crippen LogP contribution < -0.4 is 5.73 Å². The Kier molecular flexibility index (Phi) is 3.45. The summed E-state index contributed by atoms with van der Waals surface area (Å²) in [6.45, 7) is 4.92. The molecule has 0 bridgehead atoms. The maximum Gasteiger partial charge on any atom is 0.00817 e. The van der Waals surface area contributed by atoms with Gasteiger partial charge in [-0.1, -0.05) is 12.8 Å². The molecule has 2 nitrogen and oxygen atoms in total. The Morgan fingerprint density at radius 3 is 2.57 bits per heavy atom. The standard InChI is InChI=1S/C12H24N2/c1-10-8-12(13)6-7-14(10)9-11-4-2-3-5-11/h10-12H,2-9,13H2,1H3. The number of likely N-dealkylation sites (tertiary alicyclic amines) is 1. The van der Waals surface area contributed by atoms with E-state index >= 15 is 0 Å². The number of hydrogen-bond donors (Lipinski definition) is 1. The van der Waals surface area contributed by atoms with Crippen LogP contribution in [0.3, 0.4) is 0 Å². The van der Waals surface area contributed by atoms with E-state index in [1.54, 1.807) is 0 Å². The van der Waals surface area contributed by atoms with Crippen molar-refractivity contribution in [2.24, 2.45) is 11.7 Å². The fourth-order valence-corrected chi connectivity index (χ4v) is 3.05. The molecule has 1 aliphatic carbocycles. The Balaban J connectivity index is 1.79. The molecule has 1 saturated carbocycles. The van der Waals surface area contributed by atoms with Gasteiger partial charge in [-0.05, 0) is 45.1 Å². The second-order valence-corrected chi connectivity index (χ2v) is 5.28. The van der Waals surface area contributed by atoms with Crippen molar-refractivity contribution in [2.45, 2.75) is 57.5 Å². The van der Waals surface area contributed by atoms with Gasteiger partial charge in [0.2, 0.25) is 0 Å². The Morgan fingerprint density at radius 1 is 1.21 bits per heavy atom. The Morgan fingerprint density at radius 2 is 1.93 bits per heavy atom. The molecule has 2 atom stereocenters. The number of nitrogens with two attached hydrogens (primary N) is 1. The molecule has 0 aromatic rings. The molecule has 2 rings (SSSR count). The molecule has 0 aromatic heterocycles. The van der Waals surface area contributed by atoms with Crippen molar-refractivity contribution in [3.05, 3.63) is 0 Å². The molecule has 82 valence electrons. The summed E-state index contributed by atoms with van der Waals surface area (Å²) in [4.78, 5) is 2.67. The maximum atomic E-state index is 5.97. The van der Waals surface area contributed by atoms with Crippen LogP contribution in [-0.2, 0) is 0 Å². The summed E-state index contributed by atoms with van der Waals surface area (Å²) in [5.41, 5.74) is 5.97. The summed E-state index contributed by atoms with van der Waals surface area (Å²) in [7, 11) is 0. The molecule has 0 amide bonds. The Labute approximate surface area is 87.8 Å². The van der Waals surface area contributed by atoms with Crippen molar-refractivity contribution in [2.75, 3.05) is 13.1 Å². The summed E-state index contributed by atoms with van der Waals surface area (Å²) in [6.07, 6.45) is 8.27. The quantitative estimate of drug-likeness (QED) is 0.732. The molecule has 2 heteroatoms. The average Bonchev–Trinajstić information content (AvgIpc) is 2.62. The average molecular weight is 196 g/mol. The van der Waals surface area contributed by atoms with E-state index in [4.69, 9.17) is 5.73 Å². The minimum atomic E-state index is 0.463. The zero-order valence-corrected chi connectivity index (χ0v) is 9.41. The van der Waals surface area contributed by atoms with E-state index in [0.717, 1.165) is 12.0 Å². The molecule has 2 aliphatic rings. The SMILES string of the molecule is CC1CC(N)CCN1CC1CCCC1. The van der Waals surface area contributed by atoms with Crippen LogP contribution >= 0.6 is 0 Å². The summed E-state index contributed by atoms with van der Waals surface area (Å²) in [5, 5.41) is 0. The van der Waals surface area contributed by atoms with Gasteiger partial charge in [-0.15, -0.1) is 0 Å². The number of piperidine rings is 1. The first-order valence-electron chi connectivity index (χ1n) is 6.25. The van der Waals surface area contributed by atoms with Crippen LogP contribution in [0.15, 0.2) is 0 Å². The summed E-state index contributed by atoms with van der Waals surface area (Å²) >= 11 is 0. The maximum absolute atomic E-state index is 5.97. The van der Waals surface area contributed by atoms with Crippen LogP contribution in [0.25, 0.3) is 0 Å². The van der Waals surface area contributed by atoms with Gasteiger partial charge < -0.3 is 10.6 Å². The molecule has 2 N–H and O–H groups in total. The van der Waals surface area contributed by atoms with Crippen LogP contribution in [0.2, 0.25) is 0 Å². The lowest BCUT2D eigenvalue weighted by molar-refractivity contribution is 0.126. The van der Waals surface area contributed by atoms with Gasteiger partial charge in [-0.25, -0.2) is 0 Å². The van der Waals surface area contributed by atoms with Gasteiger partial charge in [0.15, 0.2) is 0 Å². The molecule has 1 saturated heterocycles. The van der Waals surface area contributed by atoms with E-state index < -0.39 is 0 Å². The molecule has 2 fully saturated rings. The predicted octanol–water partition coefficient (Wildman–Crippen LogP) is 1.99. The fraction of sp³-hybridized carbons (Fsp3) is 1.00. The zero-order valence-electron chi connectivity index (χ0n) is 9.41. The normalized spacial score (nSPS) is 36.4. The van der Waals surface area contributed by atoms with Crippen LogP contribution in [0.1, 0.15) is 45.4 Å². The van der Waals surface area contributed by atoms with E-state index in [0.29, 0.717) is 6.04 Å². The first-order chi connectivity index (χ1) is 6.75. The van der Waals surface area contributed by atoms with Crippen molar-refractivity contribution >= 4 is 0 Å². The van der Waals surface area contributed by atoms with E-state index in [1.165, 1.54) is 51.6 Å². The lowest BCUT2D eigenvalue weighted by Gasteiger charge is -2.37. The number of hydrogen-bond acceptors (Lipinski definition) is 2. The molecule has 14 heavy (non-hydrogen) atoms. The van der Waals surface area contributed by atoms with Crippen molar-refractivity contribution in [1.29, 1.82) is 0 Å². The van der Waals surface area contributed by atoms with E-state index in [2.05, 4.69) is 11.8 Å². The van der Waals surface area contributed by atoms with Gasteiger partial charge >= 0.3 is 0 Å². The van der Waals surface area contributed by atoms with Gasteiger partial charge in [-0.3, -0.25) is 0 Å². The number of nitrogens with zero attached hydrogens (tertiary/aromatic N) is 1. The van der Waals surface area contributed by atoms with Crippen molar-refractivity contribution in [3.8, 4) is 0 Å². The molecule has 0 aromatic carbocycles. The Hall–Kier alpha value is -0.0800. The molecular weight excluding hydrogens is 172 g/mol. The van der Waals surface area contributed by atoms with E-state index in [-0.39, 0.29) is 0 Å². The second-order valence-electron chi connectivity index (χ2n) is 5.28. The predicted molar refractivity (Wildman–Crippen MR) is 60.2 cm³/mol. The third-order valence-electron chi connectivity index (χ3n) is 4.02. The minimum Gasteiger partial charge on any atom is -0.328 e. The summed E-state index contributed by atoms with van der Waals surface area (Å²) in [5.74, 6) is 0.992. The van der Waals surface area contributed by atoms with Gasteiger partial charge in [-0.2, -0.15) is 0 Å². The lowest BCUT2D eigenvalue weighted by Crippen LogP contribution is -2.46. The van der Waals surface area contributed by atoms with Crippen LogP contribution in [0, 0.1) is 5.92 Å². The number of rotatable bonds is 2. The molecule has 0 spiro atoms. The molecular formula is C12H24N2. The van der Waals surface area contributed by atoms with Gasteiger partial charge in [0.1, 0.15) is 0 Å². The first-order valence-corrected chi connectivity index (χ1v) is 6.25. The van der Waals surface area contributed by atoms with Crippen molar-refractivity contribution in [3.63, 3.8) is 0 Å². The highest BCUT2D eigenvalue weighted by Gasteiger charge is 2.26. The first kappa shape index (κ1) is 10.4. The zero-order chi connectivity index (χ0) is 9.97. The van der Waals surface area contributed by atoms with Gasteiger partial charge in [0.05, 0.1) is 0 Å². The molecule has 0 radical (unpaired) electrons. The van der Waals surface area contributed by atoms with Crippen molar-refractivity contribution < 1.29 is 0 Å². The Bertz CT molecular complexity index is 175. The van der Waals surface area contributed by atoms with Crippen LogP contribution in [0.4, 0.5) is 0 Å². The molecule has 1 aliphatic heterocycles. The van der Waals surface area contributed by atoms with E-state index in [9.17, 15) is 0 Å². The lowest BCUT2D eigenvalue weighted by atomic mass is 9.97. The minimum absolute atomic E-state index is 0.463. The van der Waals surface area contributed by atoms with Crippen LogP contribution in [-0.4, -0.2) is 30.1 Å². The van der Waals surface area contributed by atoms with Crippen molar-refractivity contribution in [1.82, 2.24) is 4.90 Å². The highest BCUT2D eigenvalue weighted by atomic mass is 15.2. The summed E-state index contributed by atoms with van der Waals surface area (Å²) in [6, 6.07) is 1.18. The summed E-state index contributed by atoms with van der Waals surface area (Å²) < 4.78 is 0. The van der Waals surface area contributed by atoms with E-state index in [1.807, 2.05) is 0 Å². The van der Waals surface area contributed by atoms with Crippen LogP contribution in [0.5, 0.6) is 0 Å². The highest BCUT2D eigenvalue weighted by Crippen LogP contribution is 2.27. The highest BCUT2D eigenvalue weighted by molar-refractivity contribution is 4.83. The largest absolute Gasteiger partial charge is 0.328 e.